The Labute approximate surface area is 126 Å². The van der Waals surface area contributed by atoms with Gasteiger partial charge in [-0.3, -0.25) is 4.79 Å². The quantitative estimate of drug-likeness (QED) is 0.862. The molecule has 0 unspecified atom stereocenters. The maximum Gasteiger partial charge on any atom is 0.255 e. The van der Waals surface area contributed by atoms with E-state index in [0.717, 1.165) is 11.3 Å². The minimum absolute atomic E-state index is 0.101. The molecule has 0 aromatic heterocycles. The van der Waals surface area contributed by atoms with E-state index in [9.17, 15) is 9.18 Å². The van der Waals surface area contributed by atoms with Gasteiger partial charge in [0.25, 0.3) is 5.91 Å². The Morgan fingerprint density at radius 3 is 2.57 bits per heavy atom. The van der Waals surface area contributed by atoms with Crippen molar-refractivity contribution in [3.63, 3.8) is 0 Å². The fourth-order valence-corrected chi connectivity index (χ4v) is 1.88. The normalized spacial score (nSPS) is 10.2. The van der Waals surface area contributed by atoms with Gasteiger partial charge in [0.1, 0.15) is 11.6 Å². The van der Waals surface area contributed by atoms with E-state index < -0.39 is 11.7 Å². The number of rotatable bonds is 6. The average molecular weight is 309 g/mol. The molecular weight excluding hydrogens is 295 g/mol. The molecule has 0 bridgehead atoms. The highest BCUT2D eigenvalue weighted by Crippen LogP contribution is 2.19. The van der Waals surface area contributed by atoms with Gasteiger partial charge in [-0.15, -0.1) is 0 Å². The van der Waals surface area contributed by atoms with Crippen LogP contribution >= 0.6 is 11.6 Å². The summed E-state index contributed by atoms with van der Waals surface area (Å²) in [6, 6.07) is 11.6. The molecule has 2 rings (SSSR count). The number of carbonyl (C=O) groups excluding carboxylic acids is 1. The third-order valence-electron chi connectivity index (χ3n) is 2.72. The van der Waals surface area contributed by atoms with E-state index in [4.69, 9.17) is 22.1 Å². The second-order valence-electron chi connectivity index (χ2n) is 4.38. The highest BCUT2D eigenvalue weighted by Gasteiger charge is 2.02. The third-order valence-corrected chi connectivity index (χ3v) is 3.01. The molecule has 1 amide bonds. The van der Waals surface area contributed by atoms with Gasteiger partial charge in [0, 0.05) is 12.2 Å². The van der Waals surface area contributed by atoms with Crippen LogP contribution in [0, 0.1) is 5.82 Å². The number of hydrogen-bond donors (Lipinski definition) is 2. The summed E-state index contributed by atoms with van der Waals surface area (Å²) in [4.78, 5) is 10.6. The van der Waals surface area contributed by atoms with Crippen LogP contribution in [0.3, 0.4) is 0 Å². The average Bonchev–Trinajstić information content (AvgIpc) is 2.47. The lowest BCUT2D eigenvalue weighted by molar-refractivity contribution is -0.119. The van der Waals surface area contributed by atoms with E-state index in [0.29, 0.717) is 12.3 Å². The molecule has 0 aliphatic carbocycles. The van der Waals surface area contributed by atoms with Crippen molar-refractivity contribution in [2.45, 2.75) is 6.54 Å². The van der Waals surface area contributed by atoms with E-state index in [-0.39, 0.29) is 11.6 Å². The lowest BCUT2D eigenvalue weighted by Crippen LogP contribution is -2.19. The van der Waals surface area contributed by atoms with Crippen molar-refractivity contribution in [1.82, 2.24) is 0 Å². The molecule has 2 aromatic carbocycles. The number of nitrogens with two attached hydrogens (primary N) is 1. The molecule has 0 heterocycles. The predicted molar refractivity (Wildman–Crippen MR) is 79.9 cm³/mol. The molecule has 6 heteroatoms. The van der Waals surface area contributed by atoms with Crippen molar-refractivity contribution in [1.29, 1.82) is 0 Å². The number of amides is 1. The number of anilines is 1. The first-order chi connectivity index (χ1) is 10.0. The number of halogens is 2. The topological polar surface area (TPSA) is 64.4 Å². The van der Waals surface area contributed by atoms with Crippen LogP contribution < -0.4 is 15.8 Å². The Bertz CT molecular complexity index is 632. The first-order valence-electron chi connectivity index (χ1n) is 6.23. The van der Waals surface area contributed by atoms with Gasteiger partial charge in [0.15, 0.2) is 6.61 Å². The van der Waals surface area contributed by atoms with Crippen molar-refractivity contribution < 1.29 is 13.9 Å². The van der Waals surface area contributed by atoms with Gasteiger partial charge in [0.2, 0.25) is 0 Å². The summed E-state index contributed by atoms with van der Waals surface area (Å²) in [6.07, 6.45) is 0. The van der Waals surface area contributed by atoms with Crippen LogP contribution in [-0.4, -0.2) is 12.5 Å². The zero-order valence-electron chi connectivity index (χ0n) is 11.1. The number of primary amides is 1. The smallest absolute Gasteiger partial charge is 0.255 e. The Hall–Kier alpha value is -2.27. The molecule has 2 aromatic rings. The SMILES string of the molecule is NC(=O)COc1ccc(NCc2ccc(F)c(Cl)c2)cc1. The summed E-state index contributed by atoms with van der Waals surface area (Å²) >= 11 is 5.72. The first kappa shape index (κ1) is 15.1. The Kier molecular flexibility index (Phi) is 5.00. The van der Waals surface area contributed by atoms with Crippen LogP contribution in [0.2, 0.25) is 5.02 Å². The Morgan fingerprint density at radius 1 is 1.24 bits per heavy atom. The third kappa shape index (κ3) is 4.65. The van der Waals surface area contributed by atoms with E-state index in [2.05, 4.69) is 5.32 Å². The summed E-state index contributed by atoms with van der Waals surface area (Å²) in [6.45, 7) is 0.363. The number of carbonyl (C=O) groups is 1. The van der Waals surface area contributed by atoms with Crippen molar-refractivity contribution in [2.24, 2.45) is 5.73 Å². The molecule has 21 heavy (non-hydrogen) atoms. The highest BCUT2D eigenvalue weighted by atomic mass is 35.5. The van der Waals surface area contributed by atoms with Crippen molar-refractivity contribution in [2.75, 3.05) is 11.9 Å². The van der Waals surface area contributed by atoms with Gasteiger partial charge in [0.05, 0.1) is 5.02 Å². The largest absolute Gasteiger partial charge is 0.484 e. The lowest BCUT2D eigenvalue weighted by atomic mass is 10.2. The van der Waals surface area contributed by atoms with Gasteiger partial charge >= 0.3 is 0 Å². The summed E-state index contributed by atoms with van der Waals surface area (Å²) in [5.74, 6) is -0.397. The van der Waals surface area contributed by atoms with Crippen LogP contribution in [0.5, 0.6) is 5.75 Å². The van der Waals surface area contributed by atoms with E-state index in [1.165, 1.54) is 6.07 Å². The molecule has 110 valence electrons. The van der Waals surface area contributed by atoms with Crippen molar-refractivity contribution in [3.8, 4) is 5.75 Å². The van der Waals surface area contributed by atoms with Crippen LogP contribution in [0.15, 0.2) is 42.5 Å². The van der Waals surface area contributed by atoms with Crippen molar-refractivity contribution in [3.05, 3.63) is 58.9 Å². The Balaban J connectivity index is 1.91. The molecule has 0 radical (unpaired) electrons. The summed E-state index contributed by atoms with van der Waals surface area (Å²) in [5.41, 5.74) is 6.72. The maximum atomic E-state index is 13.0. The summed E-state index contributed by atoms with van der Waals surface area (Å²) in [7, 11) is 0. The molecule has 0 aliphatic heterocycles. The van der Waals surface area contributed by atoms with Crippen LogP contribution in [0.4, 0.5) is 10.1 Å². The molecule has 0 fully saturated rings. The minimum Gasteiger partial charge on any atom is -0.484 e. The molecule has 0 spiro atoms. The predicted octanol–water partition coefficient (Wildman–Crippen LogP) is 2.96. The van der Waals surface area contributed by atoms with Gasteiger partial charge in [-0.2, -0.15) is 0 Å². The van der Waals surface area contributed by atoms with Gasteiger partial charge < -0.3 is 15.8 Å². The van der Waals surface area contributed by atoms with Crippen LogP contribution in [0.1, 0.15) is 5.56 Å². The fraction of sp³-hybridized carbons (Fsp3) is 0.133. The second-order valence-corrected chi connectivity index (χ2v) is 4.79. The van der Waals surface area contributed by atoms with Gasteiger partial charge in [-0.05, 0) is 42.0 Å². The van der Waals surface area contributed by atoms with E-state index in [1.54, 1.807) is 24.3 Å². The highest BCUT2D eigenvalue weighted by molar-refractivity contribution is 6.30. The van der Waals surface area contributed by atoms with E-state index in [1.807, 2.05) is 12.1 Å². The Morgan fingerprint density at radius 2 is 1.95 bits per heavy atom. The number of benzene rings is 2. The molecule has 4 nitrogen and oxygen atoms in total. The zero-order valence-corrected chi connectivity index (χ0v) is 11.9. The standard InChI is InChI=1S/C15H14ClFN2O2/c16-13-7-10(1-6-14(13)17)8-19-11-2-4-12(5-3-11)21-9-15(18)20/h1-7,19H,8-9H2,(H2,18,20). The monoisotopic (exact) mass is 308 g/mol. The first-order valence-corrected chi connectivity index (χ1v) is 6.61. The van der Waals surface area contributed by atoms with Gasteiger partial charge in [-0.25, -0.2) is 4.39 Å². The molecular formula is C15H14ClFN2O2. The number of hydrogen-bond acceptors (Lipinski definition) is 3. The van der Waals surface area contributed by atoms with Gasteiger partial charge in [-0.1, -0.05) is 17.7 Å². The zero-order chi connectivity index (χ0) is 15.2. The van der Waals surface area contributed by atoms with Crippen molar-refractivity contribution >= 4 is 23.2 Å². The molecule has 3 N–H and O–H groups in total. The number of ether oxygens (including phenoxy) is 1. The van der Waals surface area contributed by atoms with Crippen LogP contribution in [-0.2, 0) is 11.3 Å². The maximum absolute atomic E-state index is 13.0. The number of nitrogens with one attached hydrogen (secondary N) is 1. The summed E-state index contributed by atoms with van der Waals surface area (Å²) < 4.78 is 18.2. The molecule has 0 atom stereocenters. The molecule has 0 saturated heterocycles. The van der Waals surface area contributed by atoms with E-state index >= 15 is 0 Å². The van der Waals surface area contributed by atoms with Crippen LogP contribution in [0.25, 0.3) is 0 Å². The lowest BCUT2D eigenvalue weighted by Gasteiger charge is -2.09. The fourth-order valence-electron chi connectivity index (χ4n) is 1.68. The molecule has 0 saturated carbocycles. The summed E-state index contributed by atoms with van der Waals surface area (Å²) in [5, 5.41) is 3.27. The second kappa shape index (κ2) is 6.95. The minimum atomic E-state index is -0.523. The molecule has 0 aliphatic rings.